The van der Waals surface area contributed by atoms with Gasteiger partial charge < -0.3 is 0 Å². The molecule has 16 rings (SSSR count). The SMILES string of the molecule is Cc1c(F)c(F)c(C)c(F)c1F.Cc1ccc(-c2ccc(C)cc2)cc1.Cc1ccc(C)c(C)c1.Cc1ccc(C)c2ccccc12.Cc1ccc(C)cc1.Cc1ccc(C)nc1.Cc1ccc2c(c1)C(C)(C)c1cc(C)ccc1-2.Cc1cccc(-c2cccc(C)c2)c1.Cc1cccc(C)n1.Cc1cccc2c(C)cccc12. The van der Waals surface area contributed by atoms with Crippen LogP contribution in [0.25, 0.3) is 54.9 Å². The van der Waals surface area contributed by atoms with E-state index in [1.807, 2.05) is 58.2 Å². The fourth-order valence-corrected chi connectivity index (χ4v) is 12.9. The van der Waals surface area contributed by atoms with E-state index in [2.05, 4.69) is 382 Å². The Hall–Kier alpha value is -11.6. The maximum absolute atomic E-state index is 12.7. The van der Waals surface area contributed by atoms with Gasteiger partial charge in [-0.05, 0) is 269 Å². The summed E-state index contributed by atoms with van der Waals surface area (Å²) in [5.74, 6) is -5.31. The lowest BCUT2D eigenvalue weighted by Gasteiger charge is -2.22. The van der Waals surface area contributed by atoms with Gasteiger partial charge >= 0.3 is 0 Å². The average Bonchev–Trinajstić information content (AvgIpc) is 1.58. The van der Waals surface area contributed by atoms with E-state index in [1.165, 1.54) is 155 Å². The molecule has 0 unspecified atom stereocenters. The molecule has 586 valence electrons. The van der Waals surface area contributed by atoms with Gasteiger partial charge in [0.2, 0.25) is 0 Å². The van der Waals surface area contributed by atoms with E-state index in [0.29, 0.717) is 0 Å². The molecule has 0 N–H and O–H groups in total. The van der Waals surface area contributed by atoms with Crippen LogP contribution in [0.3, 0.4) is 0 Å². The predicted octanol–water partition coefficient (Wildman–Crippen LogP) is 30.6. The molecule has 6 heteroatoms. The Balaban J connectivity index is 0.000000177. The van der Waals surface area contributed by atoms with Gasteiger partial charge in [0.1, 0.15) is 0 Å². The number of benzene rings is 13. The zero-order valence-corrected chi connectivity index (χ0v) is 71.5. The van der Waals surface area contributed by atoms with E-state index in [4.69, 9.17) is 0 Å². The third-order valence-corrected chi connectivity index (χ3v) is 20.2. The number of halogens is 4. The number of rotatable bonds is 2. The van der Waals surface area contributed by atoms with Crippen LogP contribution in [0, 0.1) is 169 Å². The standard InChI is InChI=1S/C17H18.2C14H14.2C12H12.C9H12.C8H6F4.C8H10.2C7H9N/c1-11-5-7-13-14-8-6-12(2)10-16(14)17(3,4)15(13)9-11;1-11-3-7-13(8-4-11)14-9-5-12(2)6-10-14;1-11-5-3-7-13(9-11)14-8-4-6-12(2)10-14;1-9-5-3-8-12-10(2)6-4-7-11(9)12;1-9-7-8-10(2)12-6-4-3-5-11(9)12;1-7-4-5-8(2)9(3)6-7;1-3-5(9)7(11)4(2)8(12)6(3)10;1-7-3-5-8(2)6-4-7;1-6-3-4-7(2)8-5-6;1-6-4-3-5-7(2)8-6/h5-10H,1-4H3;2*3-10H,1-2H3;2*3-8H,1-2H3;4-6H,1-3H3;1-2H3;3-6H,1-2H3;2*3-5H,1-2H3. The van der Waals surface area contributed by atoms with Gasteiger partial charge in [-0.15, -0.1) is 0 Å². The molecule has 0 bridgehead atoms. The second-order valence-corrected chi connectivity index (χ2v) is 30.8. The molecule has 0 spiro atoms. The number of aryl methyl sites for hydroxylation is 19. The summed E-state index contributed by atoms with van der Waals surface area (Å²) in [5, 5.41) is 5.49. The van der Waals surface area contributed by atoms with Crippen molar-refractivity contribution in [2.75, 3.05) is 0 Å². The van der Waals surface area contributed by atoms with Crippen LogP contribution in [-0.2, 0) is 5.41 Å². The van der Waals surface area contributed by atoms with E-state index in [-0.39, 0.29) is 5.41 Å². The van der Waals surface area contributed by atoms with Crippen molar-refractivity contribution in [2.24, 2.45) is 0 Å². The molecular formula is C108H116F4N2. The first-order valence-electron chi connectivity index (χ1n) is 39.2. The monoisotopic (exact) mass is 1520 g/mol. The second-order valence-electron chi connectivity index (χ2n) is 30.8. The molecule has 15 aromatic rings. The van der Waals surface area contributed by atoms with E-state index in [9.17, 15) is 17.6 Å². The van der Waals surface area contributed by atoms with E-state index in [1.54, 1.807) is 0 Å². The Bertz CT molecular complexity index is 5150. The molecule has 0 radical (unpaired) electrons. The lowest BCUT2D eigenvalue weighted by atomic mass is 9.81. The number of hydrogen-bond acceptors (Lipinski definition) is 2. The topological polar surface area (TPSA) is 25.8 Å². The molecule has 2 nitrogen and oxygen atoms in total. The van der Waals surface area contributed by atoms with E-state index < -0.39 is 34.4 Å². The minimum absolute atomic E-state index is 0.142. The van der Waals surface area contributed by atoms with Crippen molar-refractivity contribution in [2.45, 2.75) is 165 Å². The summed E-state index contributed by atoms with van der Waals surface area (Å²) in [5.41, 5.74) is 34.4. The Morgan fingerprint density at radius 2 is 0.518 bits per heavy atom. The van der Waals surface area contributed by atoms with Crippen LogP contribution in [0.5, 0.6) is 0 Å². The number of pyridine rings is 2. The molecule has 114 heavy (non-hydrogen) atoms. The largest absolute Gasteiger partial charge is 0.261 e. The van der Waals surface area contributed by atoms with Gasteiger partial charge in [-0.3, -0.25) is 9.97 Å². The fourth-order valence-electron chi connectivity index (χ4n) is 12.9. The van der Waals surface area contributed by atoms with Gasteiger partial charge in [-0.25, -0.2) is 17.6 Å². The van der Waals surface area contributed by atoms with Crippen molar-refractivity contribution in [1.82, 2.24) is 9.97 Å². The highest BCUT2D eigenvalue weighted by Crippen LogP contribution is 2.49. The highest BCUT2D eigenvalue weighted by molar-refractivity contribution is 5.89. The minimum atomic E-state index is -1.33. The molecular weight excluding hydrogens is 1400 g/mol. The van der Waals surface area contributed by atoms with Crippen molar-refractivity contribution >= 4 is 21.5 Å². The quantitative estimate of drug-likeness (QED) is 0.127. The van der Waals surface area contributed by atoms with Crippen molar-refractivity contribution in [3.63, 3.8) is 0 Å². The van der Waals surface area contributed by atoms with E-state index >= 15 is 0 Å². The molecule has 0 fully saturated rings. The molecule has 2 heterocycles. The maximum Gasteiger partial charge on any atom is 0.165 e. The summed E-state index contributed by atoms with van der Waals surface area (Å²) in [4.78, 5) is 8.25. The summed E-state index contributed by atoms with van der Waals surface area (Å²) in [7, 11) is 0. The lowest BCUT2D eigenvalue weighted by molar-refractivity contribution is 0.436. The van der Waals surface area contributed by atoms with Crippen LogP contribution in [0.1, 0.15) is 142 Å². The summed E-state index contributed by atoms with van der Waals surface area (Å²) in [6, 6.07) is 98.9. The highest BCUT2D eigenvalue weighted by atomic mass is 19.2. The Kier molecular flexibility index (Phi) is 33.7. The first kappa shape index (κ1) is 89.6. The Labute approximate surface area is 679 Å². The summed E-state index contributed by atoms with van der Waals surface area (Å²) >= 11 is 0. The van der Waals surface area contributed by atoms with Crippen LogP contribution in [0.2, 0.25) is 0 Å². The number of fused-ring (bicyclic) bond motifs is 5. The number of aromatic nitrogens is 2. The normalized spacial score (nSPS) is 10.8. The van der Waals surface area contributed by atoms with Crippen LogP contribution in [-0.4, -0.2) is 9.97 Å². The molecule has 13 aromatic carbocycles. The van der Waals surface area contributed by atoms with Crippen LogP contribution in [0.15, 0.2) is 285 Å². The molecule has 0 amide bonds. The zero-order chi connectivity index (χ0) is 83.5. The molecule has 1 aliphatic rings. The average molecular weight is 1520 g/mol. The van der Waals surface area contributed by atoms with Gasteiger partial charge in [0, 0.05) is 39.8 Å². The van der Waals surface area contributed by atoms with Crippen molar-refractivity contribution in [3.8, 4) is 33.4 Å². The molecule has 0 saturated heterocycles. The third-order valence-electron chi connectivity index (χ3n) is 20.2. The van der Waals surface area contributed by atoms with Gasteiger partial charge in [-0.2, -0.15) is 0 Å². The van der Waals surface area contributed by atoms with Crippen molar-refractivity contribution in [3.05, 3.63) is 437 Å². The van der Waals surface area contributed by atoms with Crippen LogP contribution < -0.4 is 0 Å². The third kappa shape index (κ3) is 26.5. The smallest absolute Gasteiger partial charge is 0.165 e. The first-order valence-corrected chi connectivity index (χ1v) is 39.2. The fraction of sp³-hybridized carbons (Fsp3) is 0.222. The van der Waals surface area contributed by atoms with Gasteiger partial charge in [0.15, 0.2) is 23.3 Å². The molecule has 0 aliphatic heterocycles. The van der Waals surface area contributed by atoms with Crippen molar-refractivity contribution < 1.29 is 17.6 Å². The summed E-state index contributed by atoms with van der Waals surface area (Å²) in [6.45, 7) is 46.6. The van der Waals surface area contributed by atoms with Crippen LogP contribution >= 0.6 is 0 Å². The molecule has 0 saturated carbocycles. The van der Waals surface area contributed by atoms with Crippen LogP contribution in [0.4, 0.5) is 17.6 Å². The summed E-state index contributed by atoms with van der Waals surface area (Å²) < 4.78 is 50.6. The number of nitrogens with zero attached hydrogens (tertiary/aromatic N) is 2. The van der Waals surface area contributed by atoms with Crippen molar-refractivity contribution in [1.29, 1.82) is 0 Å². The Morgan fingerprint density at radius 1 is 0.219 bits per heavy atom. The number of hydrogen-bond donors (Lipinski definition) is 0. The predicted molar refractivity (Wildman–Crippen MR) is 483 cm³/mol. The van der Waals surface area contributed by atoms with E-state index in [0.717, 1.165) is 30.9 Å². The molecule has 1 aliphatic carbocycles. The van der Waals surface area contributed by atoms with Gasteiger partial charge in [-0.1, -0.05) is 325 Å². The second kappa shape index (κ2) is 42.9. The van der Waals surface area contributed by atoms with Gasteiger partial charge in [0.05, 0.1) is 0 Å². The van der Waals surface area contributed by atoms with Gasteiger partial charge in [0.25, 0.3) is 0 Å². The molecule has 0 atom stereocenters. The Morgan fingerprint density at radius 3 is 0.842 bits per heavy atom. The summed E-state index contributed by atoms with van der Waals surface area (Å²) in [6.07, 6.45) is 1.87. The first-order chi connectivity index (χ1) is 54.1. The highest BCUT2D eigenvalue weighted by Gasteiger charge is 2.35. The lowest BCUT2D eigenvalue weighted by Crippen LogP contribution is -2.15. The molecule has 2 aromatic heterocycles. The maximum atomic E-state index is 12.7. The minimum Gasteiger partial charge on any atom is -0.261 e. The zero-order valence-electron chi connectivity index (χ0n) is 71.5.